The van der Waals surface area contributed by atoms with E-state index in [9.17, 15) is 4.79 Å². The fourth-order valence-corrected chi connectivity index (χ4v) is 2.68. The third-order valence-corrected chi connectivity index (χ3v) is 4.08. The van der Waals surface area contributed by atoms with Gasteiger partial charge in [-0.15, -0.1) is 5.10 Å². The smallest absolute Gasteiger partial charge is 0.294 e. The summed E-state index contributed by atoms with van der Waals surface area (Å²) in [4.78, 5) is 12.8. The van der Waals surface area contributed by atoms with Gasteiger partial charge >= 0.3 is 0 Å². The summed E-state index contributed by atoms with van der Waals surface area (Å²) in [5.41, 5.74) is 9.16. The van der Waals surface area contributed by atoms with Gasteiger partial charge in [0.05, 0.1) is 19.1 Å². The molecule has 12 nitrogen and oxygen atoms in total. The second-order valence-electron chi connectivity index (χ2n) is 6.26. The lowest BCUT2D eigenvalue weighted by Gasteiger charge is -2.08. The molecule has 1 aromatic carbocycles. The van der Waals surface area contributed by atoms with Crippen LogP contribution in [0.25, 0.3) is 17.1 Å². The van der Waals surface area contributed by atoms with E-state index in [1.165, 1.54) is 17.2 Å². The molecule has 3 N–H and O–H groups in total. The number of benzene rings is 1. The molecule has 0 fully saturated rings. The minimum Gasteiger partial charge on any atom is -0.494 e. The Balaban J connectivity index is 1.68. The Morgan fingerprint density at radius 3 is 2.81 bits per heavy atom. The van der Waals surface area contributed by atoms with Gasteiger partial charge in [-0.2, -0.15) is 9.78 Å². The van der Waals surface area contributed by atoms with Gasteiger partial charge in [-0.05, 0) is 53.1 Å². The maximum atomic E-state index is 12.8. The molecule has 158 valence electrons. The van der Waals surface area contributed by atoms with E-state index in [0.717, 1.165) is 6.42 Å². The highest BCUT2D eigenvalue weighted by atomic mass is 16.6. The van der Waals surface area contributed by atoms with Crippen LogP contribution in [0.1, 0.15) is 29.6 Å². The van der Waals surface area contributed by atoms with Gasteiger partial charge in [0.2, 0.25) is 11.6 Å². The number of hydrogen-bond acceptors (Lipinski definition) is 10. The topological polar surface area (TPSA) is 159 Å². The van der Waals surface area contributed by atoms with Gasteiger partial charge in [0, 0.05) is 5.56 Å². The molecule has 3 heterocycles. The molecule has 0 saturated carbocycles. The Morgan fingerprint density at radius 1 is 1.29 bits per heavy atom. The normalized spacial score (nSPS) is 11.1. The van der Waals surface area contributed by atoms with E-state index in [2.05, 4.69) is 35.8 Å². The molecule has 0 unspecified atom stereocenters. The van der Waals surface area contributed by atoms with Crippen molar-refractivity contribution in [2.45, 2.75) is 13.3 Å². The largest absolute Gasteiger partial charge is 0.494 e. The summed E-state index contributed by atoms with van der Waals surface area (Å²) in [7, 11) is 0. The lowest BCUT2D eigenvalue weighted by atomic mass is 10.1. The number of nitrogens with one attached hydrogen (secondary N) is 1. The summed E-state index contributed by atoms with van der Waals surface area (Å²) >= 11 is 0. The van der Waals surface area contributed by atoms with Gasteiger partial charge in [0.25, 0.3) is 5.91 Å². The number of rotatable bonds is 8. The SMILES string of the molecule is CCCOc1ccc(-c2c(C(=O)N/N=C/c3ccco3)nnn2-c2nonc2N)cc1. The van der Waals surface area contributed by atoms with E-state index >= 15 is 0 Å². The maximum Gasteiger partial charge on any atom is 0.294 e. The van der Waals surface area contributed by atoms with Crippen LogP contribution < -0.4 is 15.9 Å². The molecule has 0 atom stereocenters. The zero-order chi connectivity index (χ0) is 21.6. The van der Waals surface area contributed by atoms with Gasteiger partial charge in [0.1, 0.15) is 17.2 Å². The molecule has 4 aromatic rings. The summed E-state index contributed by atoms with van der Waals surface area (Å²) in [5.74, 6) is 0.684. The highest BCUT2D eigenvalue weighted by molar-refractivity contribution is 5.98. The van der Waals surface area contributed by atoms with Gasteiger partial charge in [-0.1, -0.05) is 12.1 Å². The van der Waals surface area contributed by atoms with Crippen molar-refractivity contribution in [3.05, 3.63) is 54.1 Å². The lowest BCUT2D eigenvalue weighted by molar-refractivity contribution is 0.0950. The summed E-state index contributed by atoms with van der Waals surface area (Å²) in [5, 5.41) is 19.2. The van der Waals surface area contributed by atoms with Crippen LogP contribution in [0.2, 0.25) is 0 Å². The van der Waals surface area contributed by atoms with Gasteiger partial charge in [0.15, 0.2) is 5.69 Å². The van der Waals surface area contributed by atoms with Crippen molar-refractivity contribution in [1.82, 2.24) is 30.7 Å². The molecule has 31 heavy (non-hydrogen) atoms. The number of carbonyl (C=O) groups excluding carboxylic acids is 1. The summed E-state index contributed by atoms with van der Waals surface area (Å²) in [6.45, 7) is 2.62. The first-order valence-corrected chi connectivity index (χ1v) is 9.31. The zero-order valence-electron chi connectivity index (χ0n) is 16.4. The van der Waals surface area contributed by atoms with E-state index < -0.39 is 5.91 Å². The second-order valence-corrected chi connectivity index (χ2v) is 6.26. The van der Waals surface area contributed by atoms with Crippen LogP contribution in [-0.4, -0.2) is 44.0 Å². The van der Waals surface area contributed by atoms with Crippen molar-refractivity contribution >= 4 is 17.9 Å². The average molecular weight is 422 g/mol. The Bertz CT molecular complexity index is 1180. The third-order valence-electron chi connectivity index (χ3n) is 4.08. The number of furan rings is 1. The first-order valence-electron chi connectivity index (χ1n) is 9.31. The average Bonchev–Trinajstić information content (AvgIpc) is 3.53. The summed E-state index contributed by atoms with van der Waals surface area (Å²) in [6, 6.07) is 10.5. The summed E-state index contributed by atoms with van der Waals surface area (Å²) < 4.78 is 16.7. The molecule has 0 aliphatic heterocycles. The molecule has 4 rings (SSSR count). The van der Waals surface area contributed by atoms with Crippen LogP contribution >= 0.6 is 0 Å². The lowest BCUT2D eigenvalue weighted by Crippen LogP contribution is -2.19. The van der Waals surface area contributed by atoms with Gasteiger partial charge in [-0.25, -0.2) is 10.1 Å². The fraction of sp³-hybridized carbons (Fsp3) is 0.158. The van der Waals surface area contributed by atoms with Crippen molar-refractivity contribution in [2.75, 3.05) is 12.3 Å². The Labute approximate surface area is 175 Å². The van der Waals surface area contributed by atoms with Crippen LogP contribution in [0.4, 0.5) is 5.82 Å². The van der Waals surface area contributed by atoms with E-state index in [4.69, 9.17) is 14.9 Å². The Hall–Kier alpha value is -4.48. The molecular weight excluding hydrogens is 404 g/mol. The predicted octanol–water partition coefficient (Wildman–Crippen LogP) is 2.05. The number of hydrazone groups is 1. The molecule has 0 bridgehead atoms. The molecule has 0 saturated heterocycles. The van der Waals surface area contributed by atoms with E-state index in [1.54, 1.807) is 36.4 Å². The van der Waals surface area contributed by atoms with Crippen molar-refractivity contribution in [1.29, 1.82) is 0 Å². The third kappa shape index (κ3) is 4.27. The van der Waals surface area contributed by atoms with Gasteiger partial charge in [-0.3, -0.25) is 4.79 Å². The van der Waals surface area contributed by atoms with E-state index in [0.29, 0.717) is 29.4 Å². The molecule has 3 aromatic heterocycles. The standard InChI is InChI=1S/C19H18N8O4/c1-2-9-29-13-7-5-12(6-8-13)16-15(19(28)23-21-11-14-4-3-10-30-14)22-26-27(16)18-17(20)24-31-25-18/h3-8,10-11H,2,9H2,1H3,(H2,20,24)(H,23,28)/b21-11+. The number of carbonyl (C=O) groups is 1. The van der Waals surface area contributed by atoms with Crippen molar-refractivity contribution < 1.29 is 18.6 Å². The van der Waals surface area contributed by atoms with Crippen LogP contribution in [0.15, 0.2) is 56.8 Å². The van der Waals surface area contributed by atoms with Crippen LogP contribution in [-0.2, 0) is 0 Å². The number of nitrogens with two attached hydrogens (primary N) is 1. The van der Waals surface area contributed by atoms with E-state index in [1.807, 2.05) is 6.92 Å². The molecule has 1 amide bonds. The highest BCUT2D eigenvalue weighted by Crippen LogP contribution is 2.28. The van der Waals surface area contributed by atoms with Crippen molar-refractivity contribution in [3.63, 3.8) is 0 Å². The predicted molar refractivity (Wildman–Crippen MR) is 109 cm³/mol. The molecule has 0 aliphatic rings. The molecule has 0 spiro atoms. The zero-order valence-corrected chi connectivity index (χ0v) is 16.4. The number of aromatic nitrogens is 5. The fourth-order valence-electron chi connectivity index (χ4n) is 2.68. The quantitative estimate of drug-likeness (QED) is 0.320. The minimum atomic E-state index is -0.592. The number of nitrogens with zero attached hydrogens (tertiary/aromatic N) is 6. The number of anilines is 1. The Kier molecular flexibility index (Phi) is 5.69. The molecule has 0 aliphatic carbocycles. The summed E-state index contributed by atoms with van der Waals surface area (Å²) in [6.07, 6.45) is 3.75. The molecular formula is C19H18N8O4. The van der Waals surface area contributed by atoms with E-state index in [-0.39, 0.29) is 17.3 Å². The minimum absolute atomic E-state index is 0.00113. The van der Waals surface area contributed by atoms with Crippen LogP contribution in [0.5, 0.6) is 5.75 Å². The molecule has 12 heteroatoms. The van der Waals surface area contributed by atoms with Crippen LogP contribution in [0, 0.1) is 0 Å². The Morgan fingerprint density at radius 2 is 2.13 bits per heavy atom. The van der Waals surface area contributed by atoms with Crippen molar-refractivity contribution in [2.24, 2.45) is 5.10 Å². The van der Waals surface area contributed by atoms with Crippen LogP contribution in [0.3, 0.4) is 0 Å². The number of amides is 1. The maximum absolute atomic E-state index is 12.8. The molecule has 0 radical (unpaired) electrons. The second kappa shape index (κ2) is 8.90. The number of ether oxygens (including phenoxy) is 1. The van der Waals surface area contributed by atoms with Crippen molar-refractivity contribution in [3.8, 4) is 22.8 Å². The number of nitrogen functional groups attached to an aromatic ring is 1. The first-order chi connectivity index (χ1) is 15.2. The monoisotopic (exact) mass is 422 g/mol. The first kappa shape index (κ1) is 19.8. The highest BCUT2D eigenvalue weighted by Gasteiger charge is 2.25. The number of hydrogen-bond donors (Lipinski definition) is 2. The van der Waals surface area contributed by atoms with Gasteiger partial charge < -0.3 is 14.9 Å².